The van der Waals surface area contributed by atoms with Gasteiger partial charge in [0.2, 0.25) is 5.91 Å². The van der Waals surface area contributed by atoms with Crippen LogP contribution in [0.15, 0.2) is 47.5 Å². The van der Waals surface area contributed by atoms with Crippen molar-refractivity contribution in [2.45, 2.75) is 13.5 Å². The van der Waals surface area contributed by atoms with Crippen molar-refractivity contribution in [3.05, 3.63) is 65.5 Å². The Morgan fingerprint density at radius 3 is 2.54 bits per heavy atom. The molecule has 26 heavy (non-hydrogen) atoms. The van der Waals surface area contributed by atoms with E-state index in [1.165, 1.54) is 18.2 Å². The van der Waals surface area contributed by atoms with Crippen molar-refractivity contribution in [3.8, 4) is 0 Å². The molecule has 0 saturated heterocycles. The first kappa shape index (κ1) is 19.3. The normalized spacial score (nSPS) is 11.2. The summed E-state index contributed by atoms with van der Waals surface area (Å²) >= 11 is 0. The molecule has 0 fully saturated rings. The van der Waals surface area contributed by atoms with E-state index in [-0.39, 0.29) is 24.6 Å². The molecule has 0 radical (unpaired) electrons. The SMILES string of the molecule is CCNC(=NCc1cc(F)ccc1F)NCC(=O)Nc1cccc(F)c1. The fourth-order valence-corrected chi connectivity index (χ4v) is 2.11. The largest absolute Gasteiger partial charge is 0.357 e. The van der Waals surface area contributed by atoms with E-state index in [9.17, 15) is 18.0 Å². The highest BCUT2D eigenvalue weighted by Gasteiger charge is 2.07. The monoisotopic (exact) mass is 364 g/mol. The Balaban J connectivity index is 1.94. The first-order chi connectivity index (χ1) is 12.5. The molecule has 2 aromatic rings. The van der Waals surface area contributed by atoms with Gasteiger partial charge < -0.3 is 16.0 Å². The lowest BCUT2D eigenvalue weighted by molar-refractivity contribution is -0.115. The number of amides is 1. The summed E-state index contributed by atoms with van der Waals surface area (Å²) in [6.45, 7) is 2.12. The number of carbonyl (C=O) groups is 1. The van der Waals surface area contributed by atoms with Crippen LogP contribution >= 0.6 is 0 Å². The van der Waals surface area contributed by atoms with Gasteiger partial charge in [0.05, 0.1) is 13.1 Å². The third kappa shape index (κ3) is 6.12. The molecule has 0 aliphatic carbocycles. The number of guanidine groups is 1. The summed E-state index contributed by atoms with van der Waals surface area (Å²) in [5.74, 6) is -1.70. The number of aliphatic imine (C=N–C) groups is 1. The van der Waals surface area contributed by atoms with Crippen molar-refractivity contribution < 1.29 is 18.0 Å². The van der Waals surface area contributed by atoms with Crippen LogP contribution in [0.1, 0.15) is 12.5 Å². The second kappa shape index (κ2) is 9.45. The molecule has 1 amide bonds. The van der Waals surface area contributed by atoms with Gasteiger partial charge in [-0.3, -0.25) is 4.79 Å². The zero-order valence-electron chi connectivity index (χ0n) is 14.2. The van der Waals surface area contributed by atoms with E-state index in [2.05, 4.69) is 20.9 Å². The molecule has 0 saturated carbocycles. The standard InChI is InChI=1S/C18H19F3N4O/c1-2-22-18(23-10-12-8-14(20)6-7-16(12)21)24-11-17(26)25-15-5-3-4-13(19)9-15/h3-9H,2,10-11H2,1H3,(H,25,26)(H2,22,23,24). The molecule has 0 aromatic heterocycles. The fourth-order valence-electron chi connectivity index (χ4n) is 2.11. The maximum absolute atomic E-state index is 13.6. The minimum absolute atomic E-state index is 0.0928. The highest BCUT2D eigenvalue weighted by atomic mass is 19.1. The predicted molar refractivity (Wildman–Crippen MR) is 94.2 cm³/mol. The van der Waals surface area contributed by atoms with Gasteiger partial charge in [-0.05, 0) is 43.3 Å². The Bertz CT molecular complexity index is 796. The zero-order chi connectivity index (χ0) is 18.9. The Kier molecular flexibility index (Phi) is 7.02. The predicted octanol–water partition coefficient (Wildman–Crippen LogP) is 2.80. The van der Waals surface area contributed by atoms with Crippen molar-refractivity contribution in [3.63, 3.8) is 0 Å². The van der Waals surface area contributed by atoms with Crippen LogP contribution in [0.3, 0.4) is 0 Å². The summed E-state index contributed by atoms with van der Waals surface area (Å²) in [4.78, 5) is 16.0. The molecule has 2 aromatic carbocycles. The van der Waals surface area contributed by atoms with Crippen molar-refractivity contribution >= 4 is 17.6 Å². The lowest BCUT2D eigenvalue weighted by atomic mass is 10.2. The number of halogens is 3. The van der Waals surface area contributed by atoms with Crippen LogP contribution in [-0.4, -0.2) is 25.0 Å². The molecule has 0 spiro atoms. The fraction of sp³-hybridized carbons (Fsp3) is 0.222. The van der Waals surface area contributed by atoms with Crippen molar-refractivity contribution in [2.75, 3.05) is 18.4 Å². The number of nitrogens with zero attached hydrogens (tertiary/aromatic N) is 1. The highest BCUT2D eigenvalue weighted by molar-refractivity contribution is 5.94. The van der Waals surface area contributed by atoms with Crippen molar-refractivity contribution in [2.24, 2.45) is 4.99 Å². The molecule has 138 valence electrons. The number of nitrogens with one attached hydrogen (secondary N) is 3. The van der Waals surface area contributed by atoms with Gasteiger partial charge in [0.15, 0.2) is 5.96 Å². The molecule has 2 rings (SSSR count). The number of hydrogen-bond donors (Lipinski definition) is 3. The zero-order valence-corrected chi connectivity index (χ0v) is 14.2. The maximum atomic E-state index is 13.6. The molecule has 0 aliphatic heterocycles. The molecule has 3 N–H and O–H groups in total. The highest BCUT2D eigenvalue weighted by Crippen LogP contribution is 2.11. The third-order valence-corrected chi connectivity index (χ3v) is 3.28. The molecular formula is C18H19F3N4O. The number of carbonyl (C=O) groups excluding carboxylic acids is 1. The van der Waals surface area contributed by atoms with Gasteiger partial charge in [-0.2, -0.15) is 0 Å². The van der Waals surface area contributed by atoms with Gasteiger partial charge >= 0.3 is 0 Å². The van der Waals surface area contributed by atoms with Crippen LogP contribution in [0.25, 0.3) is 0 Å². The minimum atomic E-state index is -0.560. The molecule has 0 unspecified atom stereocenters. The first-order valence-electron chi connectivity index (χ1n) is 7.99. The van der Waals surface area contributed by atoms with Gasteiger partial charge in [-0.15, -0.1) is 0 Å². The lowest BCUT2D eigenvalue weighted by Gasteiger charge is -2.12. The second-order valence-electron chi connectivity index (χ2n) is 5.34. The Hall–Kier alpha value is -3.03. The average molecular weight is 364 g/mol. The maximum Gasteiger partial charge on any atom is 0.243 e. The lowest BCUT2D eigenvalue weighted by Crippen LogP contribution is -2.41. The Labute approximate surface area is 149 Å². The topological polar surface area (TPSA) is 65.5 Å². The van der Waals surface area contributed by atoms with Gasteiger partial charge in [0.1, 0.15) is 17.5 Å². The number of rotatable bonds is 6. The van der Waals surface area contributed by atoms with Gasteiger partial charge in [0.25, 0.3) is 0 Å². The molecule has 0 bridgehead atoms. The van der Waals surface area contributed by atoms with Crippen LogP contribution in [0, 0.1) is 17.5 Å². The van der Waals surface area contributed by atoms with Crippen molar-refractivity contribution in [1.82, 2.24) is 10.6 Å². The summed E-state index contributed by atoms with van der Waals surface area (Å²) in [7, 11) is 0. The number of anilines is 1. The third-order valence-electron chi connectivity index (χ3n) is 3.28. The minimum Gasteiger partial charge on any atom is -0.357 e. The molecule has 0 heterocycles. The summed E-state index contributed by atoms with van der Waals surface area (Å²) in [6, 6.07) is 8.65. The smallest absolute Gasteiger partial charge is 0.243 e. The first-order valence-corrected chi connectivity index (χ1v) is 7.99. The van der Waals surface area contributed by atoms with E-state index < -0.39 is 23.4 Å². The average Bonchev–Trinajstić information content (AvgIpc) is 2.60. The second-order valence-corrected chi connectivity index (χ2v) is 5.34. The summed E-state index contributed by atoms with van der Waals surface area (Å²) in [5, 5.41) is 8.21. The summed E-state index contributed by atoms with van der Waals surface area (Å²) < 4.78 is 39.9. The molecular weight excluding hydrogens is 345 g/mol. The van der Waals surface area contributed by atoms with Crippen LogP contribution in [0.4, 0.5) is 18.9 Å². The van der Waals surface area contributed by atoms with E-state index in [0.717, 1.165) is 18.2 Å². The van der Waals surface area contributed by atoms with Gasteiger partial charge in [-0.1, -0.05) is 6.07 Å². The van der Waals surface area contributed by atoms with Crippen LogP contribution in [0.2, 0.25) is 0 Å². The van der Waals surface area contributed by atoms with Crippen molar-refractivity contribution in [1.29, 1.82) is 0 Å². The molecule has 0 aliphatic rings. The van der Waals surface area contributed by atoms with Crippen LogP contribution < -0.4 is 16.0 Å². The summed E-state index contributed by atoms with van der Waals surface area (Å²) in [5.41, 5.74) is 0.437. The molecule has 8 heteroatoms. The Morgan fingerprint density at radius 1 is 1.04 bits per heavy atom. The van der Waals surface area contributed by atoms with E-state index in [1.54, 1.807) is 6.07 Å². The number of benzene rings is 2. The molecule has 5 nitrogen and oxygen atoms in total. The van der Waals surface area contributed by atoms with E-state index in [1.807, 2.05) is 6.92 Å². The van der Waals surface area contributed by atoms with Gasteiger partial charge in [-0.25, -0.2) is 18.2 Å². The molecule has 0 atom stereocenters. The summed E-state index contributed by atoms with van der Waals surface area (Å²) in [6.07, 6.45) is 0. The quantitative estimate of drug-likeness (QED) is 0.546. The van der Waals surface area contributed by atoms with E-state index >= 15 is 0 Å². The Morgan fingerprint density at radius 2 is 1.81 bits per heavy atom. The van der Waals surface area contributed by atoms with Gasteiger partial charge in [0, 0.05) is 17.8 Å². The van der Waals surface area contributed by atoms with E-state index in [4.69, 9.17) is 0 Å². The van der Waals surface area contributed by atoms with E-state index in [0.29, 0.717) is 12.2 Å². The number of hydrogen-bond acceptors (Lipinski definition) is 2. The van der Waals surface area contributed by atoms with Crippen LogP contribution in [-0.2, 0) is 11.3 Å². The van der Waals surface area contributed by atoms with Crippen LogP contribution in [0.5, 0.6) is 0 Å².